The van der Waals surface area contributed by atoms with Gasteiger partial charge in [-0.2, -0.15) is 0 Å². The SMILES string of the molecule is CN(C)C1(F)CCCN1C(=O)OC(C)(C)C. The van der Waals surface area contributed by atoms with Crippen LogP contribution in [0.4, 0.5) is 9.18 Å². The summed E-state index contributed by atoms with van der Waals surface area (Å²) in [6.45, 7) is 5.73. The lowest BCUT2D eigenvalue weighted by atomic mass is 10.2. The Balaban J connectivity index is 2.76. The summed E-state index contributed by atoms with van der Waals surface area (Å²) in [6.07, 6.45) is 0.411. The summed E-state index contributed by atoms with van der Waals surface area (Å²) in [4.78, 5) is 14.4. The van der Waals surface area contributed by atoms with Crippen molar-refractivity contribution >= 4 is 6.09 Å². The molecule has 0 N–H and O–H groups in total. The third-order valence-electron chi connectivity index (χ3n) is 2.59. The molecular formula is C11H21FN2O2. The van der Waals surface area contributed by atoms with E-state index in [1.54, 1.807) is 34.9 Å². The predicted molar refractivity (Wildman–Crippen MR) is 59.7 cm³/mol. The number of alkyl halides is 1. The number of likely N-dealkylation sites (tertiary alicyclic amines) is 1. The minimum absolute atomic E-state index is 0.333. The van der Waals surface area contributed by atoms with Crippen molar-refractivity contribution in [2.24, 2.45) is 0 Å². The summed E-state index contributed by atoms with van der Waals surface area (Å²) >= 11 is 0. The van der Waals surface area contributed by atoms with Crippen molar-refractivity contribution in [1.82, 2.24) is 9.80 Å². The molecule has 1 saturated heterocycles. The molecule has 5 heteroatoms. The molecule has 4 nitrogen and oxygen atoms in total. The Hall–Kier alpha value is -0.840. The number of hydrogen-bond acceptors (Lipinski definition) is 3. The van der Waals surface area contributed by atoms with E-state index in [2.05, 4.69) is 0 Å². The van der Waals surface area contributed by atoms with Gasteiger partial charge in [0.1, 0.15) is 5.60 Å². The van der Waals surface area contributed by atoms with Crippen molar-refractivity contribution in [1.29, 1.82) is 0 Å². The molecule has 0 radical (unpaired) electrons. The van der Waals surface area contributed by atoms with Gasteiger partial charge in [0.05, 0.1) is 0 Å². The van der Waals surface area contributed by atoms with Crippen LogP contribution in [0.25, 0.3) is 0 Å². The first kappa shape index (κ1) is 13.2. The second-order valence-electron chi connectivity index (χ2n) is 5.35. The predicted octanol–water partition coefficient (Wildman–Crippen LogP) is 2.20. The van der Waals surface area contributed by atoms with E-state index in [1.165, 1.54) is 4.90 Å². The summed E-state index contributed by atoms with van der Waals surface area (Å²) in [5.41, 5.74) is -0.590. The van der Waals surface area contributed by atoms with Crippen LogP contribution in [0.1, 0.15) is 33.6 Å². The number of ether oxygens (including phenoxy) is 1. The van der Waals surface area contributed by atoms with Crippen LogP contribution < -0.4 is 0 Å². The van der Waals surface area contributed by atoms with E-state index in [1.807, 2.05) is 0 Å². The standard InChI is InChI=1S/C11H21FN2O2/c1-10(2,3)16-9(15)14-8-6-7-11(14,12)13(4)5/h6-8H2,1-5H3. The largest absolute Gasteiger partial charge is 0.444 e. The highest BCUT2D eigenvalue weighted by atomic mass is 19.2. The molecule has 0 aromatic carbocycles. The van der Waals surface area contributed by atoms with Gasteiger partial charge in [-0.1, -0.05) is 0 Å². The van der Waals surface area contributed by atoms with Gasteiger partial charge in [-0.25, -0.2) is 9.18 Å². The summed E-state index contributed by atoms with van der Waals surface area (Å²) < 4.78 is 19.7. The van der Waals surface area contributed by atoms with Crippen LogP contribution in [-0.2, 0) is 4.74 Å². The third-order valence-corrected chi connectivity index (χ3v) is 2.59. The van der Waals surface area contributed by atoms with Crippen LogP contribution in [0.5, 0.6) is 0 Å². The average Bonchev–Trinajstić information content (AvgIpc) is 2.45. The summed E-state index contributed by atoms with van der Waals surface area (Å²) in [7, 11) is 3.26. The number of rotatable bonds is 1. The Bertz CT molecular complexity index is 276. The van der Waals surface area contributed by atoms with E-state index in [9.17, 15) is 9.18 Å². The van der Waals surface area contributed by atoms with E-state index >= 15 is 0 Å². The first-order valence-electron chi connectivity index (χ1n) is 5.54. The molecule has 1 aliphatic heterocycles. The number of hydrogen-bond donors (Lipinski definition) is 0. The molecule has 1 unspecified atom stereocenters. The zero-order chi connectivity index (χ0) is 12.6. The summed E-state index contributed by atoms with van der Waals surface area (Å²) in [5.74, 6) is -1.71. The number of halogens is 1. The molecule has 94 valence electrons. The average molecular weight is 232 g/mol. The maximum absolute atomic E-state index is 14.5. The monoisotopic (exact) mass is 232 g/mol. The molecule has 0 aromatic heterocycles. The molecule has 16 heavy (non-hydrogen) atoms. The minimum atomic E-state index is -1.71. The van der Waals surface area contributed by atoms with Crippen molar-refractivity contribution < 1.29 is 13.9 Å². The molecule has 1 rings (SSSR count). The van der Waals surface area contributed by atoms with Gasteiger partial charge in [-0.3, -0.25) is 9.80 Å². The van der Waals surface area contributed by atoms with Gasteiger partial charge >= 0.3 is 6.09 Å². The molecule has 1 atom stereocenters. The fraction of sp³-hybridized carbons (Fsp3) is 0.909. The molecule has 1 heterocycles. The topological polar surface area (TPSA) is 32.8 Å². The smallest absolute Gasteiger partial charge is 0.413 e. The maximum atomic E-state index is 14.5. The van der Waals surface area contributed by atoms with Gasteiger partial charge in [-0.15, -0.1) is 0 Å². The Morgan fingerprint density at radius 2 is 2.00 bits per heavy atom. The molecule has 0 bridgehead atoms. The van der Waals surface area contributed by atoms with Crippen molar-refractivity contribution in [3.63, 3.8) is 0 Å². The number of amides is 1. The number of carbonyl (C=O) groups excluding carboxylic acids is 1. The number of carbonyl (C=O) groups is 1. The maximum Gasteiger partial charge on any atom is 0.413 e. The van der Waals surface area contributed by atoms with Crippen molar-refractivity contribution in [2.45, 2.75) is 45.1 Å². The molecule has 1 fully saturated rings. The number of nitrogens with zero attached hydrogens (tertiary/aromatic N) is 2. The molecule has 1 amide bonds. The van der Waals surface area contributed by atoms with E-state index in [0.717, 1.165) is 4.90 Å². The third kappa shape index (κ3) is 2.64. The lowest BCUT2D eigenvalue weighted by Crippen LogP contribution is -2.54. The molecule has 0 aliphatic carbocycles. The minimum Gasteiger partial charge on any atom is -0.444 e. The second-order valence-corrected chi connectivity index (χ2v) is 5.35. The lowest BCUT2D eigenvalue weighted by molar-refractivity contribution is -0.109. The van der Waals surface area contributed by atoms with Crippen LogP contribution in [0, 0.1) is 0 Å². The van der Waals surface area contributed by atoms with Gasteiger partial charge in [0, 0.05) is 13.0 Å². The van der Waals surface area contributed by atoms with E-state index in [4.69, 9.17) is 4.74 Å². The molecule has 0 saturated carbocycles. The van der Waals surface area contributed by atoms with Crippen LogP contribution in [0.3, 0.4) is 0 Å². The fourth-order valence-corrected chi connectivity index (χ4v) is 1.78. The van der Waals surface area contributed by atoms with Crippen molar-refractivity contribution in [2.75, 3.05) is 20.6 Å². The Morgan fingerprint density at radius 3 is 2.44 bits per heavy atom. The van der Waals surface area contributed by atoms with Crippen LogP contribution >= 0.6 is 0 Å². The van der Waals surface area contributed by atoms with Crippen molar-refractivity contribution in [3.8, 4) is 0 Å². The highest BCUT2D eigenvalue weighted by Gasteiger charge is 2.47. The Labute approximate surface area is 96.3 Å². The van der Waals surface area contributed by atoms with E-state index in [-0.39, 0.29) is 0 Å². The normalized spacial score (nSPS) is 26.3. The fourth-order valence-electron chi connectivity index (χ4n) is 1.78. The molecule has 0 aromatic rings. The van der Waals surface area contributed by atoms with Crippen LogP contribution in [-0.4, -0.2) is 48.1 Å². The molecule has 0 spiro atoms. The van der Waals surface area contributed by atoms with Crippen molar-refractivity contribution in [3.05, 3.63) is 0 Å². The first-order valence-corrected chi connectivity index (χ1v) is 5.54. The van der Waals surface area contributed by atoms with E-state index in [0.29, 0.717) is 19.4 Å². The lowest BCUT2D eigenvalue weighted by Gasteiger charge is -2.37. The van der Waals surface area contributed by atoms with Gasteiger partial charge in [0.25, 0.3) is 0 Å². The molecular weight excluding hydrogens is 211 g/mol. The quantitative estimate of drug-likeness (QED) is 0.650. The van der Waals surface area contributed by atoms with Crippen LogP contribution in [0.2, 0.25) is 0 Å². The highest BCUT2D eigenvalue weighted by molar-refractivity contribution is 5.69. The Kier molecular flexibility index (Phi) is 3.47. The molecule has 1 aliphatic rings. The second kappa shape index (κ2) is 4.20. The zero-order valence-corrected chi connectivity index (χ0v) is 10.7. The van der Waals surface area contributed by atoms with Crippen LogP contribution in [0.15, 0.2) is 0 Å². The van der Waals surface area contributed by atoms with Gasteiger partial charge in [0.2, 0.25) is 5.92 Å². The van der Waals surface area contributed by atoms with Gasteiger partial charge in [-0.05, 0) is 41.3 Å². The summed E-state index contributed by atoms with van der Waals surface area (Å²) in [6, 6.07) is 0. The van der Waals surface area contributed by atoms with E-state index < -0.39 is 17.6 Å². The first-order chi connectivity index (χ1) is 7.17. The Morgan fingerprint density at radius 1 is 1.44 bits per heavy atom. The highest BCUT2D eigenvalue weighted by Crippen LogP contribution is 2.33. The zero-order valence-electron chi connectivity index (χ0n) is 10.7. The van der Waals surface area contributed by atoms with Gasteiger partial charge < -0.3 is 4.74 Å². The van der Waals surface area contributed by atoms with Gasteiger partial charge in [0.15, 0.2) is 0 Å². The summed E-state index contributed by atoms with van der Waals surface area (Å²) in [5, 5.41) is 0.